The second-order valence-corrected chi connectivity index (χ2v) is 9.85. The van der Waals surface area contributed by atoms with Crippen molar-refractivity contribution < 1.29 is 12.8 Å². The minimum Gasteiger partial charge on any atom is -0.356 e. The fourth-order valence-corrected chi connectivity index (χ4v) is 4.41. The highest BCUT2D eigenvalue weighted by Gasteiger charge is 2.12. The second-order valence-electron chi connectivity index (χ2n) is 6.68. The summed E-state index contributed by atoms with van der Waals surface area (Å²) in [6.07, 6.45) is 2.16. The lowest BCUT2D eigenvalue weighted by Gasteiger charge is -2.17. The van der Waals surface area contributed by atoms with E-state index in [0.717, 1.165) is 13.0 Å². The Labute approximate surface area is 187 Å². The van der Waals surface area contributed by atoms with E-state index in [1.54, 1.807) is 18.4 Å². The van der Waals surface area contributed by atoms with Crippen LogP contribution in [0.2, 0.25) is 0 Å². The zero-order valence-electron chi connectivity index (χ0n) is 16.2. The number of nitrogens with zero attached hydrogens (tertiary/aromatic N) is 1. The van der Waals surface area contributed by atoms with Gasteiger partial charge in [0.05, 0.1) is 5.75 Å². The van der Waals surface area contributed by atoms with Crippen LogP contribution in [0, 0.1) is 11.7 Å². The Balaban J connectivity index is 0.00000392. The summed E-state index contributed by atoms with van der Waals surface area (Å²) >= 11 is 1.75. The first kappa shape index (κ1) is 24.8. The summed E-state index contributed by atoms with van der Waals surface area (Å²) in [6.45, 7) is 3.20. The van der Waals surface area contributed by atoms with Gasteiger partial charge in [0.15, 0.2) is 15.8 Å². The van der Waals surface area contributed by atoms with Crippen molar-refractivity contribution >= 4 is 51.1 Å². The third-order valence-corrected chi connectivity index (χ3v) is 5.74. The Morgan fingerprint density at radius 1 is 1.25 bits per heavy atom. The summed E-state index contributed by atoms with van der Waals surface area (Å²) in [5, 5.41) is 8.47. The average Bonchev–Trinajstić information content (AvgIpc) is 3.09. The van der Waals surface area contributed by atoms with Crippen molar-refractivity contribution in [1.82, 2.24) is 10.6 Å². The van der Waals surface area contributed by atoms with Crippen molar-refractivity contribution in [1.29, 1.82) is 0 Å². The lowest BCUT2D eigenvalue weighted by atomic mass is 10.1. The summed E-state index contributed by atoms with van der Waals surface area (Å²) in [5.74, 6) is 0.519. The number of hydrogen-bond acceptors (Lipinski definition) is 4. The van der Waals surface area contributed by atoms with Gasteiger partial charge in [-0.3, -0.25) is 4.99 Å². The number of guanidine groups is 1. The molecule has 0 aliphatic carbocycles. The maximum absolute atomic E-state index is 13.6. The van der Waals surface area contributed by atoms with Crippen LogP contribution in [0.15, 0.2) is 40.7 Å². The number of thiophene rings is 1. The van der Waals surface area contributed by atoms with Crippen LogP contribution in [0.25, 0.3) is 0 Å². The van der Waals surface area contributed by atoms with Crippen LogP contribution in [0.5, 0.6) is 0 Å². The molecule has 9 heteroatoms. The number of rotatable bonds is 8. The minimum absolute atomic E-state index is 0. The summed E-state index contributed by atoms with van der Waals surface area (Å²) in [5.41, 5.74) is 1.20. The maximum Gasteiger partial charge on any atom is 0.191 e. The van der Waals surface area contributed by atoms with Crippen LogP contribution in [0.4, 0.5) is 4.39 Å². The van der Waals surface area contributed by atoms with Crippen LogP contribution in [-0.2, 0) is 28.6 Å². The number of halogens is 2. The van der Waals surface area contributed by atoms with Gasteiger partial charge in [0.25, 0.3) is 0 Å². The smallest absolute Gasteiger partial charge is 0.191 e. The predicted molar refractivity (Wildman–Crippen MR) is 126 cm³/mol. The van der Waals surface area contributed by atoms with Crippen molar-refractivity contribution in [2.75, 3.05) is 19.8 Å². The molecule has 1 heterocycles. The van der Waals surface area contributed by atoms with Crippen LogP contribution in [0.3, 0.4) is 0 Å². The van der Waals surface area contributed by atoms with E-state index in [-0.39, 0.29) is 29.7 Å². The highest BCUT2D eigenvalue weighted by atomic mass is 127. The van der Waals surface area contributed by atoms with Gasteiger partial charge in [0, 0.05) is 31.3 Å². The molecular formula is C19H27FIN3O2S2. The standard InChI is InChI=1S/C19H26FN3O2S2.HI/c1-14(9-18-5-4-8-26-18)11-22-19(21-2)23-12-16-10-17(20)7-6-15(16)13-27(3,24)25;/h4-8,10,14H,9,11-13H2,1-3H3,(H2,21,22,23);1H. The Bertz CT molecular complexity index is 871. The number of benzene rings is 1. The molecule has 5 nitrogen and oxygen atoms in total. The van der Waals surface area contributed by atoms with Gasteiger partial charge in [-0.05, 0) is 47.0 Å². The highest BCUT2D eigenvalue weighted by Crippen LogP contribution is 2.15. The fraction of sp³-hybridized carbons (Fsp3) is 0.421. The lowest BCUT2D eigenvalue weighted by molar-refractivity contribution is 0.561. The highest BCUT2D eigenvalue weighted by molar-refractivity contribution is 14.0. The van der Waals surface area contributed by atoms with Crippen molar-refractivity contribution in [3.63, 3.8) is 0 Å². The Kier molecular flexibility index (Phi) is 10.4. The molecular weight excluding hydrogens is 512 g/mol. The van der Waals surface area contributed by atoms with Gasteiger partial charge in [0.1, 0.15) is 5.82 Å². The zero-order chi connectivity index (χ0) is 19.9. The van der Waals surface area contributed by atoms with E-state index >= 15 is 0 Å². The molecule has 28 heavy (non-hydrogen) atoms. The summed E-state index contributed by atoms with van der Waals surface area (Å²) in [7, 11) is -1.53. The van der Waals surface area contributed by atoms with E-state index in [1.807, 2.05) is 6.07 Å². The van der Waals surface area contributed by atoms with E-state index in [4.69, 9.17) is 0 Å². The molecule has 0 aliphatic rings. The molecule has 0 spiro atoms. The number of sulfone groups is 1. The van der Waals surface area contributed by atoms with E-state index < -0.39 is 15.7 Å². The lowest BCUT2D eigenvalue weighted by Crippen LogP contribution is -2.39. The van der Waals surface area contributed by atoms with Crippen LogP contribution in [-0.4, -0.2) is 34.2 Å². The topological polar surface area (TPSA) is 70.6 Å². The number of nitrogens with one attached hydrogen (secondary N) is 2. The van der Waals surface area contributed by atoms with Crippen LogP contribution in [0.1, 0.15) is 22.9 Å². The van der Waals surface area contributed by atoms with Crippen molar-refractivity contribution in [2.24, 2.45) is 10.9 Å². The van der Waals surface area contributed by atoms with Crippen LogP contribution < -0.4 is 10.6 Å². The first-order chi connectivity index (χ1) is 12.8. The molecule has 1 aromatic heterocycles. The molecule has 0 saturated carbocycles. The Morgan fingerprint density at radius 3 is 2.61 bits per heavy atom. The molecule has 156 valence electrons. The van der Waals surface area contributed by atoms with E-state index in [9.17, 15) is 12.8 Å². The van der Waals surface area contributed by atoms with Crippen molar-refractivity contribution in [2.45, 2.75) is 25.6 Å². The maximum atomic E-state index is 13.6. The Hall–Kier alpha value is -1.20. The third-order valence-electron chi connectivity index (χ3n) is 4.00. The first-order valence-corrected chi connectivity index (χ1v) is 11.6. The molecule has 2 N–H and O–H groups in total. The first-order valence-electron chi connectivity index (χ1n) is 8.68. The molecule has 0 fully saturated rings. The zero-order valence-corrected chi connectivity index (χ0v) is 20.2. The van der Waals surface area contributed by atoms with E-state index in [0.29, 0.717) is 29.5 Å². The van der Waals surface area contributed by atoms with Gasteiger partial charge < -0.3 is 10.6 Å². The average molecular weight is 539 g/mol. The van der Waals surface area contributed by atoms with Crippen molar-refractivity contribution in [3.05, 3.63) is 57.5 Å². The molecule has 2 aromatic rings. The minimum atomic E-state index is -3.20. The molecule has 1 atom stereocenters. The molecule has 1 unspecified atom stereocenters. The molecule has 0 aliphatic heterocycles. The monoisotopic (exact) mass is 539 g/mol. The Morgan fingerprint density at radius 2 is 2.00 bits per heavy atom. The second kappa shape index (κ2) is 11.7. The largest absolute Gasteiger partial charge is 0.356 e. The molecule has 2 rings (SSSR count). The van der Waals surface area contributed by atoms with E-state index in [1.165, 1.54) is 29.3 Å². The van der Waals surface area contributed by atoms with Gasteiger partial charge in [0.2, 0.25) is 0 Å². The summed E-state index contributed by atoms with van der Waals surface area (Å²) in [4.78, 5) is 5.53. The number of hydrogen-bond donors (Lipinski definition) is 2. The van der Waals surface area contributed by atoms with E-state index in [2.05, 4.69) is 34.0 Å². The molecule has 0 saturated heterocycles. The summed E-state index contributed by atoms with van der Waals surface area (Å²) < 4.78 is 36.8. The van der Waals surface area contributed by atoms with Gasteiger partial charge >= 0.3 is 0 Å². The molecule has 0 amide bonds. The normalized spacial score (nSPS) is 12.9. The molecule has 0 bridgehead atoms. The SMILES string of the molecule is CN=C(NCc1cc(F)ccc1CS(C)(=O)=O)NCC(C)Cc1cccs1.I. The quantitative estimate of drug-likeness (QED) is 0.306. The third kappa shape index (κ3) is 8.87. The van der Waals surface area contributed by atoms with Gasteiger partial charge in [-0.15, -0.1) is 35.3 Å². The fourth-order valence-electron chi connectivity index (χ4n) is 2.70. The van der Waals surface area contributed by atoms with Crippen LogP contribution >= 0.6 is 35.3 Å². The van der Waals surface area contributed by atoms with Gasteiger partial charge in [-0.1, -0.05) is 19.1 Å². The van der Waals surface area contributed by atoms with Crippen molar-refractivity contribution in [3.8, 4) is 0 Å². The molecule has 1 aromatic carbocycles. The number of aliphatic imine (C=N–C) groups is 1. The summed E-state index contributed by atoms with van der Waals surface area (Å²) in [6, 6.07) is 8.34. The molecule has 0 radical (unpaired) electrons. The van der Waals surface area contributed by atoms with Gasteiger partial charge in [-0.25, -0.2) is 12.8 Å². The predicted octanol–water partition coefficient (Wildman–Crippen LogP) is 3.59. The van der Waals surface area contributed by atoms with Gasteiger partial charge in [-0.2, -0.15) is 0 Å².